The van der Waals surface area contributed by atoms with Gasteiger partial charge in [-0.3, -0.25) is 19.2 Å². The van der Waals surface area contributed by atoms with Crippen molar-refractivity contribution in [3.05, 3.63) is 47.6 Å². The van der Waals surface area contributed by atoms with E-state index in [1.165, 1.54) is 24.3 Å². The number of allylic oxidation sites excluding steroid dienone is 8. The average Bonchev–Trinajstić information content (AvgIpc) is 3.45. The summed E-state index contributed by atoms with van der Waals surface area (Å²) in [6.45, 7) is 10.6. The lowest BCUT2D eigenvalue weighted by atomic mass is 9.44. The van der Waals surface area contributed by atoms with E-state index in [-0.39, 0.29) is 43.7 Å². The first-order valence-electron chi connectivity index (χ1n) is 20.7. The van der Waals surface area contributed by atoms with Crippen molar-refractivity contribution in [1.82, 2.24) is 0 Å². The average molecular weight is 765 g/mol. The Morgan fingerprint density at radius 2 is 1.04 bits per heavy atom. The minimum absolute atomic E-state index is 0.0530. The normalized spacial score (nSPS) is 53.6. The molecule has 300 valence electrons. The van der Waals surface area contributed by atoms with Gasteiger partial charge >= 0.3 is 0 Å². The molecule has 0 spiro atoms. The predicted octanol–water partition coefficient (Wildman–Crippen LogP) is 5.99. The van der Waals surface area contributed by atoms with Gasteiger partial charge in [0, 0.05) is 46.3 Å². The Morgan fingerprint density at radius 3 is 1.40 bits per heavy atom. The van der Waals surface area contributed by atoms with E-state index in [1.807, 2.05) is 0 Å². The number of fused-ring (bicyclic) bond motifs is 10. The fourth-order valence-corrected chi connectivity index (χ4v) is 15.1. The van der Waals surface area contributed by atoms with E-state index >= 15 is 8.78 Å². The van der Waals surface area contributed by atoms with Crippen LogP contribution in [0.1, 0.15) is 112 Å². The highest BCUT2D eigenvalue weighted by Crippen LogP contribution is 2.72. The number of Topliss-reactive ketones (excluding diaryl/α,β-unsaturated/α-hetero) is 2. The van der Waals surface area contributed by atoms with Gasteiger partial charge in [-0.1, -0.05) is 51.0 Å². The maximum atomic E-state index is 17.6. The monoisotopic (exact) mass is 764 g/mol. The van der Waals surface area contributed by atoms with E-state index in [1.54, 1.807) is 53.7 Å². The molecule has 55 heavy (non-hydrogen) atoms. The van der Waals surface area contributed by atoms with Crippen LogP contribution in [0.5, 0.6) is 0 Å². The second kappa shape index (κ2) is 12.0. The smallest absolute Gasteiger partial charge is 0.178 e. The van der Waals surface area contributed by atoms with Crippen LogP contribution in [0.15, 0.2) is 47.6 Å². The molecule has 0 aromatic carbocycles. The lowest BCUT2D eigenvalue weighted by molar-refractivity contribution is -0.219. The molecule has 8 aliphatic carbocycles. The number of rotatable bonds is 6. The summed E-state index contributed by atoms with van der Waals surface area (Å²) in [6.07, 6.45) is 7.80. The topological polar surface area (TPSA) is 149 Å². The highest BCUT2D eigenvalue weighted by atomic mass is 19.1. The lowest BCUT2D eigenvalue weighted by Gasteiger charge is -2.62. The third-order valence-corrected chi connectivity index (χ3v) is 18.1. The van der Waals surface area contributed by atoms with Crippen LogP contribution in [0.4, 0.5) is 8.78 Å². The molecule has 10 heteroatoms. The van der Waals surface area contributed by atoms with Crippen molar-refractivity contribution >= 4 is 23.1 Å². The van der Waals surface area contributed by atoms with Gasteiger partial charge in [0.25, 0.3) is 0 Å². The van der Waals surface area contributed by atoms with Crippen molar-refractivity contribution < 1.29 is 48.4 Å². The summed E-state index contributed by atoms with van der Waals surface area (Å²) in [5.74, 6) is -4.55. The van der Waals surface area contributed by atoms with Crippen molar-refractivity contribution in [3.63, 3.8) is 0 Å². The Morgan fingerprint density at radius 1 is 0.673 bits per heavy atom. The first-order valence-corrected chi connectivity index (χ1v) is 20.7. The van der Waals surface area contributed by atoms with Crippen LogP contribution in [0.25, 0.3) is 0 Å². The van der Waals surface area contributed by atoms with Crippen molar-refractivity contribution in [3.8, 4) is 0 Å². The Bertz CT molecular complexity index is 1750. The molecular formula is C45H58F2O8. The van der Waals surface area contributed by atoms with Gasteiger partial charge in [0.2, 0.25) is 0 Å². The molecule has 0 bridgehead atoms. The standard InChI is InChI=1S/C45H58F2O8/c1-24-18-32-30-12-10-26-20-28(48)14-16-38(26,3)42(30,46)36(52)22-40(32,5)44(24,54)34(50)8-7-9-35(51)45(55)25(2)19-33-31-13-11-27-21-29(49)15-17-39(27,4)43(31,47)37(53)23-41(33,45)6/h14-17,20-21,24-25,30-33,36-37,52-55H,7-13,18-19,22-23H2,1-6H3/t24-,25+,30-,31-,32-,33-,36-,37-,38-,39-,40-,41-,42-,43-,44-,45-/m0/s1. The van der Waals surface area contributed by atoms with Crippen molar-refractivity contribution in [2.75, 3.05) is 0 Å². The fourth-order valence-electron chi connectivity index (χ4n) is 15.1. The molecule has 0 aromatic heterocycles. The zero-order valence-electron chi connectivity index (χ0n) is 33.0. The zero-order chi connectivity index (χ0) is 40.1. The number of aliphatic hydroxyl groups is 4. The van der Waals surface area contributed by atoms with Crippen LogP contribution in [0, 0.1) is 57.2 Å². The highest BCUT2D eigenvalue weighted by molar-refractivity contribution is 6.02. The van der Waals surface area contributed by atoms with Crippen LogP contribution in [0.3, 0.4) is 0 Å². The first kappa shape index (κ1) is 39.2. The number of ketones is 4. The summed E-state index contributed by atoms with van der Waals surface area (Å²) in [5.41, 5.74) is -11.3. The van der Waals surface area contributed by atoms with Crippen LogP contribution in [-0.2, 0) is 19.2 Å². The molecule has 4 N–H and O–H groups in total. The summed E-state index contributed by atoms with van der Waals surface area (Å²) in [4.78, 5) is 53.0. The Labute approximate surface area is 322 Å². The van der Waals surface area contributed by atoms with Gasteiger partial charge in [-0.2, -0.15) is 0 Å². The van der Waals surface area contributed by atoms with E-state index in [2.05, 4.69) is 0 Å². The number of halogens is 2. The van der Waals surface area contributed by atoms with E-state index in [9.17, 15) is 39.6 Å². The molecule has 0 radical (unpaired) electrons. The second-order valence-corrected chi connectivity index (χ2v) is 20.0. The Kier molecular flexibility index (Phi) is 8.51. The molecule has 0 saturated heterocycles. The molecule has 0 heterocycles. The predicted molar refractivity (Wildman–Crippen MR) is 200 cm³/mol. The SMILES string of the molecule is C[C@@H]1C[C@H]2[C@@H]3CCC4=CC(=O)C=C[C@]4(C)[C@@]3(F)[C@@H](O)C[C@]2(C)[C@@]1(O)C(=O)CCCC(=O)[C@@]1(O)[C@@H](C)C[C@H]2[C@@H]3CCC4=CC(=O)C=C[C@]4(C)[C@@]3(F)[C@@H](O)C[C@@]21C. The lowest BCUT2D eigenvalue weighted by Crippen LogP contribution is -2.69. The van der Waals surface area contributed by atoms with E-state index in [0.717, 1.165) is 0 Å². The first-order chi connectivity index (χ1) is 25.5. The van der Waals surface area contributed by atoms with Gasteiger partial charge in [0.1, 0.15) is 11.2 Å². The molecule has 16 atom stereocenters. The number of carbonyl (C=O) groups excluding carboxylic acids is 4. The molecular weight excluding hydrogens is 706 g/mol. The van der Waals surface area contributed by atoms with Crippen molar-refractivity contribution in [1.29, 1.82) is 0 Å². The number of hydrogen-bond acceptors (Lipinski definition) is 8. The molecule has 0 aromatic rings. The molecule has 8 aliphatic rings. The number of alkyl halides is 2. The highest BCUT2D eigenvalue weighted by Gasteiger charge is 2.77. The van der Waals surface area contributed by atoms with Gasteiger partial charge < -0.3 is 20.4 Å². The molecule has 8 rings (SSSR count). The van der Waals surface area contributed by atoms with Gasteiger partial charge in [0.05, 0.1) is 12.2 Å². The van der Waals surface area contributed by atoms with Gasteiger partial charge in [-0.15, -0.1) is 0 Å². The molecule has 8 nitrogen and oxygen atoms in total. The largest absolute Gasteiger partial charge is 0.390 e. The summed E-state index contributed by atoms with van der Waals surface area (Å²) in [7, 11) is 0. The van der Waals surface area contributed by atoms with Gasteiger partial charge in [0.15, 0.2) is 34.5 Å². The van der Waals surface area contributed by atoms with Crippen LogP contribution >= 0.6 is 0 Å². The third kappa shape index (κ3) is 4.46. The summed E-state index contributed by atoms with van der Waals surface area (Å²) in [5, 5.41) is 48.3. The maximum absolute atomic E-state index is 17.6. The molecule has 0 amide bonds. The quantitative estimate of drug-likeness (QED) is 0.258. The minimum Gasteiger partial charge on any atom is -0.390 e. The van der Waals surface area contributed by atoms with E-state index < -0.39 is 103 Å². The van der Waals surface area contributed by atoms with Crippen LogP contribution in [-0.4, -0.2) is 78.3 Å². The van der Waals surface area contributed by atoms with E-state index in [0.29, 0.717) is 49.7 Å². The Balaban J connectivity index is 0.996. The van der Waals surface area contributed by atoms with Gasteiger partial charge in [-0.25, -0.2) is 8.78 Å². The Hall–Kier alpha value is -2.66. The minimum atomic E-state index is -2.09. The molecule has 6 fully saturated rings. The number of carbonyl (C=O) groups is 4. The van der Waals surface area contributed by atoms with Crippen molar-refractivity contribution in [2.45, 2.75) is 147 Å². The maximum Gasteiger partial charge on any atom is 0.178 e. The van der Waals surface area contributed by atoms with E-state index in [4.69, 9.17) is 0 Å². The zero-order valence-corrected chi connectivity index (χ0v) is 33.0. The molecule has 0 aliphatic heterocycles. The summed E-state index contributed by atoms with van der Waals surface area (Å²) in [6, 6.07) is 0. The molecule has 6 saturated carbocycles. The fraction of sp³-hybridized carbons (Fsp3) is 0.733. The van der Waals surface area contributed by atoms with Crippen LogP contribution in [0.2, 0.25) is 0 Å². The van der Waals surface area contributed by atoms with Gasteiger partial charge in [-0.05, 0) is 120 Å². The third-order valence-electron chi connectivity index (χ3n) is 18.1. The number of aliphatic hydroxyl groups excluding tert-OH is 2. The summed E-state index contributed by atoms with van der Waals surface area (Å²) >= 11 is 0. The van der Waals surface area contributed by atoms with Crippen LogP contribution < -0.4 is 0 Å². The summed E-state index contributed by atoms with van der Waals surface area (Å²) < 4.78 is 35.2. The van der Waals surface area contributed by atoms with Crippen molar-refractivity contribution in [2.24, 2.45) is 57.2 Å². The molecule has 0 unspecified atom stereocenters. The number of hydrogen-bond donors (Lipinski definition) is 4. The second-order valence-electron chi connectivity index (χ2n) is 20.0.